The van der Waals surface area contributed by atoms with Gasteiger partial charge in [0.25, 0.3) is 0 Å². The molecule has 7 nitrogen and oxygen atoms in total. The van der Waals surface area contributed by atoms with Gasteiger partial charge in [0.05, 0.1) is 28.3 Å². The number of benzene rings is 2. The number of likely N-dealkylation sites (tertiary alicyclic amines) is 1. The zero-order chi connectivity index (χ0) is 21.1. The molecular weight excluding hydrogens is 402 g/mol. The Bertz CT molecular complexity index is 1100. The molecule has 30 heavy (non-hydrogen) atoms. The minimum Gasteiger partial charge on any atom is -0.462 e. The number of carbonyl (C=O) groups excluding carboxylic acids is 3. The number of nitrogens with zero attached hydrogens (tertiary/aromatic N) is 2. The van der Waals surface area contributed by atoms with Crippen LogP contribution in [0.3, 0.4) is 0 Å². The molecule has 0 bridgehead atoms. The molecular formula is C22H21N3O4S. The maximum atomic E-state index is 12.7. The number of esters is 1. The third-order valence-electron chi connectivity index (χ3n) is 4.93. The van der Waals surface area contributed by atoms with Crippen LogP contribution in [0.5, 0.6) is 0 Å². The Morgan fingerprint density at radius 2 is 2.03 bits per heavy atom. The number of aromatic nitrogens is 1. The van der Waals surface area contributed by atoms with E-state index in [9.17, 15) is 14.4 Å². The molecule has 1 saturated heterocycles. The van der Waals surface area contributed by atoms with E-state index >= 15 is 0 Å². The van der Waals surface area contributed by atoms with E-state index in [1.54, 1.807) is 30.0 Å². The van der Waals surface area contributed by atoms with Crippen LogP contribution in [-0.2, 0) is 20.9 Å². The Morgan fingerprint density at radius 3 is 2.80 bits per heavy atom. The molecule has 0 spiro atoms. The van der Waals surface area contributed by atoms with Crippen molar-refractivity contribution >= 4 is 44.5 Å². The van der Waals surface area contributed by atoms with Gasteiger partial charge in [0.15, 0.2) is 5.13 Å². The summed E-state index contributed by atoms with van der Waals surface area (Å²) in [6.45, 7) is 2.95. The molecule has 0 radical (unpaired) electrons. The van der Waals surface area contributed by atoms with E-state index in [2.05, 4.69) is 10.3 Å². The largest absolute Gasteiger partial charge is 0.462 e. The van der Waals surface area contributed by atoms with E-state index in [1.165, 1.54) is 11.3 Å². The Kier molecular flexibility index (Phi) is 5.76. The van der Waals surface area contributed by atoms with Gasteiger partial charge in [0.2, 0.25) is 11.8 Å². The van der Waals surface area contributed by atoms with E-state index in [-0.39, 0.29) is 24.2 Å². The van der Waals surface area contributed by atoms with Crippen LogP contribution in [0.15, 0.2) is 48.5 Å². The molecule has 1 unspecified atom stereocenters. The van der Waals surface area contributed by atoms with E-state index in [0.29, 0.717) is 35.9 Å². The summed E-state index contributed by atoms with van der Waals surface area (Å²) in [5.74, 6) is -1.05. The first-order valence-electron chi connectivity index (χ1n) is 9.73. The smallest absolute Gasteiger partial charge is 0.338 e. The van der Waals surface area contributed by atoms with E-state index in [0.717, 1.165) is 10.3 Å². The number of thiazole rings is 1. The average Bonchev–Trinajstić information content (AvgIpc) is 3.31. The van der Waals surface area contributed by atoms with Gasteiger partial charge < -0.3 is 15.0 Å². The van der Waals surface area contributed by atoms with Crippen LogP contribution < -0.4 is 5.32 Å². The molecule has 154 valence electrons. The van der Waals surface area contributed by atoms with Gasteiger partial charge in [0, 0.05) is 19.5 Å². The van der Waals surface area contributed by atoms with Crippen LogP contribution in [0.2, 0.25) is 0 Å². The number of amides is 2. The van der Waals surface area contributed by atoms with Crippen LogP contribution in [0, 0.1) is 5.92 Å². The summed E-state index contributed by atoms with van der Waals surface area (Å²) < 4.78 is 5.80. The predicted molar refractivity (Wildman–Crippen MR) is 114 cm³/mol. The highest BCUT2D eigenvalue weighted by atomic mass is 32.1. The predicted octanol–water partition coefficient (Wildman–Crippen LogP) is 3.46. The van der Waals surface area contributed by atoms with Crippen molar-refractivity contribution in [1.82, 2.24) is 9.88 Å². The van der Waals surface area contributed by atoms with Gasteiger partial charge >= 0.3 is 5.97 Å². The van der Waals surface area contributed by atoms with Crippen LogP contribution >= 0.6 is 11.3 Å². The van der Waals surface area contributed by atoms with Gasteiger partial charge in [-0.3, -0.25) is 9.59 Å². The zero-order valence-corrected chi connectivity index (χ0v) is 17.3. The molecule has 2 amide bonds. The summed E-state index contributed by atoms with van der Waals surface area (Å²) >= 11 is 1.29. The lowest BCUT2D eigenvalue weighted by atomic mass is 10.1. The number of carbonyl (C=O) groups is 3. The number of nitrogens with one attached hydrogen (secondary N) is 1. The molecule has 1 fully saturated rings. The molecule has 8 heteroatoms. The fourth-order valence-electron chi connectivity index (χ4n) is 3.43. The minimum absolute atomic E-state index is 0.0256. The van der Waals surface area contributed by atoms with Crippen molar-refractivity contribution in [3.05, 3.63) is 59.7 Å². The first-order valence-corrected chi connectivity index (χ1v) is 10.6. The standard InChI is InChI=1S/C22H21N3O4S/c1-2-29-21(28)15-8-9-17-18(10-15)30-22(23-17)24-20(27)16-11-19(26)25(13-16)12-14-6-4-3-5-7-14/h3-10,16H,2,11-13H2,1H3,(H,23,24,27). The number of rotatable bonds is 6. The molecule has 4 rings (SSSR count). The first kappa shape index (κ1) is 20.0. The monoisotopic (exact) mass is 423 g/mol. The van der Waals surface area contributed by atoms with E-state index in [1.807, 2.05) is 30.3 Å². The van der Waals surface area contributed by atoms with Gasteiger partial charge in [-0.25, -0.2) is 9.78 Å². The van der Waals surface area contributed by atoms with Crippen molar-refractivity contribution in [2.24, 2.45) is 5.92 Å². The van der Waals surface area contributed by atoms with Crippen molar-refractivity contribution < 1.29 is 19.1 Å². The number of anilines is 1. The molecule has 1 aliphatic rings. The molecule has 1 N–H and O–H groups in total. The van der Waals surface area contributed by atoms with Crippen LogP contribution in [-0.4, -0.2) is 40.8 Å². The third-order valence-corrected chi connectivity index (χ3v) is 5.86. The highest BCUT2D eigenvalue weighted by molar-refractivity contribution is 7.22. The van der Waals surface area contributed by atoms with Crippen molar-refractivity contribution in [3.63, 3.8) is 0 Å². The maximum absolute atomic E-state index is 12.7. The van der Waals surface area contributed by atoms with Gasteiger partial charge in [-0.05, 0) is 30.7 Å². The lowest BCUT2D eigenvalue weighted by Gasteiger charge is -2.16. The summed E-state index contributed by atoms with van der Waals surface area (Å²) in [5, 5.41) is 3.27. The topological polar surface area (TPSA) is 88.6 Å². The van der Waals surface area contributed by atoms with E-state index in [4.69, 9.17) is 4.74 Å². The van der Waals surface area contributed by atoms with Crippen LogP contribution in [0.4, 0.5) is 5.13 Å². The van der Waals surface area contributed by atoms with Crippen molar-refractivity contribution in [3.8, 4) is 0 Å². The fourth-order valence-corrected chi connectivity index (χ4v) is 4.34. The highest BCUT2D eigenvalue weighted by Gasteiger charge is 2.34. The highest BCUT2D eigenvalue weighted by Crippen LogP contribution is 2.28. The Labute approximate surface area is 177 Å². The van der Waals surface area contributed by atoms with Crippen molar-refractivity contribution in [2.75, 3.05) is 18.5 Å². The Morgan fingerprint density at radius 1 is 1.23 bits per heavy atom. The molecule has 1 aromatic heterocycles. The minimum atomic E-state index is -0.414. The summed E-state index contributed by atoms with van der Waals surface area (Å²) in [5.41, 5.74) is 2.18. The molecule has 2 aromatic carbocycles. The second-order valence-electron chi connectivity index (χ2n) is 7.07. The van der Waals surface area contributed by atoms with Crippen molar-refractivity contribution in [1.29, 1.82) is 0 Å². The summed E-state index contributed by atoms with van der Waals surface area (Å²) in [6, 6.07) is 14.8. The SMILES string of the molecule is CCOC(=O)c1ccc2nc(NC(=O)C3CC(=O)N(Cc4ccccc4)C3)sc2c1. The van der Waals surface area contributed by atoms with E-state index < -0.39 is 5.92 Å². The Balaban J connectivity index is 1.41. The lowest BCUT2D eigenvalue weighted by Crippen LogP contribution is -2.28. The Hall–Kier alpha value is -3.26. The second-order valence-corrected chi connectivity index (χ2v) is 8.10. The van der Waals surface area contributed by atoms with Gasteiger partial charge in [-0.2, -0.15) is 0 Å². The molecule has 0 aliphatic carbocycles. The second kappa shape index (κ2) is 8.62. The molecule has 2 heterocycles. The van der Waals surface area contributed by atoms with Crippen molar-refractivity contribution in [2.45, 2.75) is 19.9 Å². The third kappa shape index (κ3) is 4.33. The quantitative estimate of drug-likeness (QED) is 0.614. The molecule has 3 aromatic rings. The molecule has 0 saturated carbocycles. The lowest BCUT2D eigenvalue weighted by molar-refractivity contribution is -0.128. The summed E-state index contributed by atoms with van der Waals surface area (Å²) in [4.78, 5) is 43.0. The fraction of sp³-hybridized carbons (Fsp3) is 0.273. The average molecular weight is 423 g/mol. The summed E-state index contributed by atoms with van der Waals surface area (Å²) in [6.07, 6.45) is 0.191. The van der Waals surface area contributed by atoms with Gasteiger partial charge in [-0.1, -0.05) is 41.7 Å². The van der Waals surface area contributed by atoms with Crippen LogP contribution in [0.1, 0.15) is 29.3 Å². The van der Waals surface area contributed by atoms with Crippen LogP contribution in [0.25, 0.3) is 10.2 Å². The number of ether oxygens (including phenoxy) is 1. The maximum Gasteiger partial charge on any atom is 0.338 e. The van der Waals surface area contributed by atoms with Gasteiger partial charge in [-0.15, -0.1) is 0 Å². The number of hydrogen-bond donors (Lipinski definition) is 1. The zero-order valence-electron chi connectivity index (χ0n) is 16.5. The number of hydrogen-bond acceptors (Lipinski definition) is 6. The summed E-state index contributed by atoms with van der Waals surface area (Å²) in [7, 11) is 0. The number of fused-ring (bicyclic) bond motifs is 1. The first-order chi connectivity index (χ1) is 14.5. The normalized spacial score (nSPS) is 16.1. The van der Waals surface area contributed by atoms with Gasteiger partial charge in [0.1, 0.15) is 0 Å². The molecule has 1 atom stereocenters. The molecule has 1 aliphatic heterocycles.